The highest BCUT2D eigenvalue weighted by Crippen LogP contribution is 2.30. The summed E-state index contributed by atoms with van der Waals surface area (Å²) < 4.78 is 0. The summed E-state index contributed by atoms with van der Waals surface area (Å²) >= 11 is 6.23. The van der Waals surface area contributed by atoms with Gasteiger partial charge in [-0.1, -0.05) is 25.1 Å². The van der Waals surface area contributed by atoms with Crippen molar-refractivity contribution in [2.45, 2.75) is 31.6 Å². The molecule has 1 heterocycles. The fourth-order valence-corrected chi connectivity index (χ4v) is 2.43. The lowest BCUT2D eigenvalue weighted by Gasteiger charge is -2.18. The summed E-state index contributed by atoms with van der Waals surface area (Å²) in [5.74, 6) is 0.335. The van der Waals surface area contributed by atoms with Gasteiger partial charge in [-0.25, -0.2) is 0 Å². The molecule has 0 saturated carbocycles. The maximum Gasteiger partial charge on any atom is 0.0932 e. The van der Waals surface area contributed by atoms with Crippen molar-refractivity contribution in [3.05, 3.63) is 36.0 Å². The van der Waals surface area contributed by atoms with Crippen LogP contribution in [0.4, 0.5) is 0 Å². The van der Waals surface area contributed by atoms with Crippen molar-refractivity contribution in [2.24, 2.45) is 0 Å². The summed E-state index contributed by atoms with van der Waals surface area (Å²) in [4.78, 5) is 0. The number of halogens is 1. The lowest BCUT2D eigenvalue weighted by molar-refractivity contribution is 0.650. The largest absolute Gasteiger partial charge is 0.158 e. The molecule has 1 aromatic carbocycles. The standard InChI is InChI=1S/C13H15ClN2/c1-3-10(9(2)14)12-8-15-16-13-7-5-4-6-11(12)13/h4-10H,3H2,1-2H3. The predicted octanol–water partition coefficient (Wildman–Crippen LogP) is 3.75. The Morgan fingerprint density at radius 3 is 2.75 bits per heavy atom. The summed E-state index contributed by atoms with van der Waals surface area (Å²) in [5.41, 5.74) is 2.14. The van der Waals surface area contributed by atoms with Gasteiger partial charge in [0.25, 0.3) is 0 Å². The van der Waals surface area contributed by atoms with Crippen LogP contribution in [0.15, 0.2) is 30.5 Å². The highest BCUT2D eigenvalue weighted by atomic mass is 35.5. The van der Waals surface area contributed by atoms with E-state index in [2.05, 4.69) is 23.2 Å². The monoisotopic (exact) mass is 234 g/mol. The van der Waals surface area contributed by atoms with Gasteiger partial charge >= 0.3 is 0 Å². The molecule has 84 valence electrons. The van der Waals surface area contributed by atoms with Crippen LogP contribution in [0.3, 0.4) is 0 Å². The number of aromatic nitrogens is 2. The number of benzene rings is 1. The topological polar surface area (TPSA) is 25.8 Å². The molecule has 0 radical (unpaired) electrons. The van der Waals surface area contributed by atoms with Gasteiger partial charge in [0.05, 0.1) is 11.7 Å². The Hall–Kier alpha value is -1.15. The summed E-state index contributed by atoms with van der Waals surface area (Å²) in [5, 5.41) is 9.45. The van der Waals surface area contributed by atoms with E-state index in [1.807, 2.05) is 31.3 Å². The smallest absolute Gasteiger partial charge is 0.0932 e. The molecule has 2 rings (SSSR count). The molecule has 1 aromatic heterocycles. The third-order valence-electron chi connectivity index (χ3n) is 2.97. The van der Waals surface area contributed by atoms with Gasteiger partial charge in [-0.2, -0.15) is 10.2 Å². The Kier molecular flexibility index (Phi) is 3.39. The van der Waals surface area contributed by atoms with Crippen molar-refractivity contribution in [2.75, 3.05) is 0 Å². The van der Waals surface area contributed by atoms with Crippen LogP contribution in [0.1, 0.15) is 31.7 Å². The molecule has 0 bridgehead atoms. The summed E-state index contributed by atoms with van der Waals surface area (Å²) in [6.45, 7) is 4.18. The lowest BCUT2D eigenvalue weighted by Crippen LogP contribution is -2.09. The maximum absolute atomic E-state index is 6.23. The summed E-state index contributed by atoms with van der Waals surface area (Å²) in [7, 11) is 0. The van der Waals surface area contributed by atoms with E-state index in [4.69, 9.17) is 11.6 Å². The Balaban J connectivity index is 2.59. The maximum atomic E-state index is 6.23. The number of fused-ring (bicyclic) bond motifs is 1. The second-order valence-electron chi connectivity index (χ2n) is 4.01. The zero-order chi connectivity index (χ0) is 11.5. The molecule has 2 atom stereocenters. The van der Waals surface area contributed by atoms with Crippen LogP contribution >= 0.6 is 11.6 Å². The van der Waals surface area contributed by atoms with Crippen LogP contribution in [0, 0.1) is 0 Å². The van der Waals surface area contributed by atoms with E-state index in [0.717, 1.165) is 17.3 Å². The van der Waals surface area contributed by atoms with Gasteiger partial charge < -0.3 is 0 Å². The number of rotatable bonds is 3. The van der Waals surface area contributed by atoms with Gasteiger partial charge in [0, 0.05) is 16.7 Å². The first kappa shape index (κ1) is 11.3. The number of hydrogen-bond donors (Lipinski definition) is 0. The van der Waals surface area contributed by atoms with Gasteiger partial charge in [0.1, 0.15) is 0 Å². The minimum Gasteiger partial charge on any atom is -0.158 e. The average Bonchev–Trinajstić information content (AvgIpc) is 2.30. The van der Waals surface area contributed by atoms with Crippen molar-refractivity contribution >= 4 is 22.5 Å². The lowest BCUT2D eigenvalue weighted by atomic mass is 9.92. The molecule has 0 spiro atoms. The molecule has 0 fully saturated rings. The molecule has 0 aliphatic rings. The highest BCUT2D eigenvalue weighted by molar-refractivity contribution is 6.21. The molecule has 3 heteroatoms. The predicted molar refractivity (Wildman–Crippen MR) is 67.9 cm³/mol. The molecular weight excluding hydrogens is 220 g/mol. The summed E-state index contributed by atoms with van der Waals surface area (Å²) in [6.07, 6.45) is 2.86. The average molecular weight is 235 g/mol. The van der Waals surface area contributed by atoms with Crippen LogP contribution < -0.4 is 0 Å². The zero-order valence-corrected chi connectivity index (χ0v) is 10.3. The van der Waals surface area contributed by atoms with Crippen LogP contribution in [-0.4, -0.2) is 15.6 Å². The Bertz CT molecular complexity index is 477. The van der Waals surface area contributed by atoms with E-state index in [0.29, 0.717) is 5.92 Å². The molecule has 2 aromatic rings. The van der Waals surface area contributed by atoms with E-state index in [-0.39, 0.29) is 5.38 Å². The van der Waals surface area contributed by atoms with Gasteiger partial charge in [-0.05, 0) is 25.0 Å². The van der Waals surface area contributed by atoms with E-state index in [1.165, 1.54) is 5.56 Å². The molecule has 0 saturated heterocycles. The molecule has 2 unspecified atom stereocenters. The van der Waals surface area contributed by atoms with Gasteiger partial charge in [0.2, 0.25) is 0 Å². The molecule has 0 amide bonds. The van der Waals surface area contributed by atoms with Crippen LogP contribution in [0.2, 0.25) is 0 Å². The van der Waals surface area contributed by atoms with Crippen molar-refractivity contribution in [3.63, 3.8) is 0 Å². The Morgan fingerprint density at radius 1 is 1.31 bits per heavy atom. The number of alkyl halides is 1. The van der Waals surface area contributed by atoms with E-state index >= 15 is 0 Å². The quantitative estimate of drug-likeness (QED) is 0.756. The fourth-order valence-electron chi connectivity index (χ4n) is 2.12. The van der Waals surface area contributed by atoms with Crippen LogP contribution in [-0.2, 0) is 0 Å². The van der Waals surface area contributed by atoms with Crippen molar-refractivity contribution in [1.29, 1.82) is 0 Å². The molecular formula is C13H15ClN2. The highest BCUT2D eigenvalue weighted by Gasteiger charge is 2.18. The molecule has 0 aliphatic carbocycles. The van der Waals surface area contributed by atoms with Crippen LogP contribution in [0.5, 0.6) is 0 Å². The first-order valence-corrected chi connectivity index (χ1v) is 6.02. The Morgan fingerprint density at radius 2 is 2.06 bits per heavy atom. The molecule has 0 aliphatic heterocycles. The Labute approximate surface area is 101 Å². The third-order valence-corrected chi connectivity index (χ3v) is 3.28. The summed E-state index contributed by atoms with van der Waals surface area (Å²) in [6, 6.07) is 8.07. The zero-order valence-electron chi connectivity index (χ0n) is 9.52. The SMILES string of the molecule is CCC(c1cnnc2ccccc12)C(C)Cl. The van der Waals surface area contributed by atoms with Gasteiger partial charge in [-0.3, -0.25) is 0 Å². The number of hydrogen-bond acceptors (Lipinski definition) is 2. The van der Waals surface area contributed by atoms with E-state index in [9.17, 15) is 0 Å². The molecule has 0 N–H and O–H groups in total. The minimum absolute atomic E-state index is 0.109. The van der Waals surface area contributed by atoms with E-state index < -0.39 is 0 Å². The molecule has 16 heavy (non-hydrogen) atoms. The first-order valence-electron chi connectivity index (χ1n) is 5.58. The van der Waals surface area contributed by atoms with Crippen molar-refractivity contribution in [1.82, 2.24) is 10.2 Å². The normalized spacial score (nSPS) is 14.9. The van der Waals surface area contributed by atoms with Crippen molar-refractivity contribution in [3.8, 4) is 0 Å². The van der Waals surface area contributed by atoms with Gasteiger partial charge in [-0.15, -0.1) is 11.6 Å². The minimum atomic E-state index is 0.109. The van der Waals surface area contributed by atoms with E-state index in [1.54, 1.807) is 0 Å². The van der Waals surface area contributed by atoms with Crippen molar-refractivity contribution < 1.29 is 0 Å². The third kappa shape index (κ3) is 2.03. The molecule has 2 nitrogen and oxygen atoms in total. The fraction of sp³-hybridized carbons (Fsp3) is 0.385. The second kappa shape index (κ2) is 4.79. The van der Waals surface area contributed by atoms with Gasteiger partial charge in [0.15, 0.2) is 0 Å². The first-order chi connectivity index (χ1) is 7.74. The van der Waals surface area contributed by atoms with Crippen LogP contribution in [0.25, 0.3) is 10.9 Å². The second-order valence-corrected chi connectivity index (χ2v) is 4.70. The number of nitrogens with zero attached hydrogens (tertiary/aromatic N) is 2.